The van der Waals surface area contributed by atoms with Crippen molar-refractivity contribution in [2.75, 3.05) is 28.8 Å². The number of aromatic nitrogens is 2. The van der Waals surface area contributed by atoms with E-state index in [0.29, 0.717) is 26.4 Å². The van der Waals surface area contributed by atoms with Crippen LogP contribution < -0.4 is 16.8 Å². The van der Waals surface area contributed by atoms with E-state index in [1.165, 1.54) is 23.5 Å². The largest absolute Gasteiger partial charge is 0.394 e. The minimum atomic E-state index is -0.186. The molecule has 0 fully saturated rings. The number of nitrogens with two attached hydrogens (primary N) is 2. The maximum Gasteiger partial charge on any atom is 0.234 e. The predicted octanol–water partition coefficient (Wildman–Crippen LogP) is 2.75. The fourth-order valence-electron chi connectivity index (χ4n) is 1.61. The molecule has 0 bridgehead atoms. The molecule has 2 rings (SSSR count). The molecular formula is C13H14ClN5OS2. The molecule has 9 heteroatoms. The third-order valence-corrected chi connectivity index (χ3v) is 4.46. The van der Waals surface area contributed by atoms with Crippen molar-refractivity contribution in [1.29, 1.82) is 0 Å². The summed E-state index contributed by atoms with van der Waals surface area (Å²) >= 11 is 8.45. The molecule has 22 heavy (non-hydrogen) atoms. The average Bonchev–Trinajstić information content (AvgIpc) is 2.47. The third kappa shape index (κ3) is 4.43. The van der Waals surface area contributed by atoms with E-state index in [9.17, 15) is 4.79 Å². The number of hydrogen-bond donors (Lipinski definition) is 3. The van der Waals surface area contributed by atoms with Crippen LogP contribution in [0.4, 0.5) is 17.3 Å². The van der Waals surface area contributed by atoms with Crippen molar-refractivity contribution in [2.45, 2.75) is 10.1 Å². The number of carbonyl (C=O) groups is 1. The number of amides is 1. The first-order valence-electron chi connectivity index (χ1n) is 6.14. The van der Waals surface area contributed by atoms with E-state index in [4.69, 9.17) is 23.1 Å². The number of benzene rings is 1. The van der Waals surface area contributed by atoms with Crippen LogP contribution in [0.1, 0.15) is 0 Å². The second kappa shape index (κ2) is 7.57. The van der Waals surface area contributed by atoms with Crippen molar-refractivity contribution in [1.82, 2.24) is 9.97 Å². The van der Waals surface area contributed by atoms with Crippen LogP contribution >= 0.6 is 35.1 Å². The fourth-order valence-corrected chi connectivity index (χ4v) is 3.11. The molecule has 0 radical (unpaired) electrons. The molecule has 6 nitrogen and oxygen atoms in total. The monoisotopic (exact) mass is 355 g/mol. The number of anilines is 3. The summed E-state index contributed by atoms with van der Waals surface area (Å²) in [6.07, 6.45) is 1.85. The molecule has 2 aromatic rings. The highest BCUT2D eigenvalue weighted by Gasteiger charge is 2.12. The van der Waals surface area contributed by atoms with Crippen molar-refractivity contribution in [3.05, 3.63) is 29.3 Å². The van der Waals surface area contributed by atoms with E-state index in [-0.39, 0.29) is 17.6 Å². The summed E-state index contributed by atoms with van der Waals surface area (Å²) in [7, 11) is 0. The molecule has 1 amide bonds. The van der Waals surface area contributed by atoms with Crippen molar-refractivity contribution in [3.8, 4) is 0 Å². The van der Waals surface area contributed by atoms with E-state index < -0.39 is 0 Å². The summed E-state index contributed by atoms with van der Waals surface area (Å²) in [6, 6.07) is 6.93. The molecule has 5 N–H and O–H groups in total. The Kier molecular flexibility index (Phi) is 5.76. The third-order valence-electron chi connectivity index (χ3n) is 2.53. The smallest absolute Gasteiger partial charge is 0.234 e. The Labute approximate surface area is 141 Å². The molecule has 0 aliphatic heterocycles. The summed E-state index contributed by atoms with van der Waals surface area (Å²) in [6.45, 7) is 0. The van der Waals surface area contributed by atoms with Crippen molar-refractivity contribution >= 4 is 58.4 Å². The van der Waals surface area contributed by atoms with Crippen molar-refractivity contribution < 1.29 is 4.79 Å². The van der Waals surface area contributed by atoms with E-state index >= 15 is 0 Å². The minimum Gasteiger partial charge on any atom is -0.394 e. The van der Waals surface area contributed by atoms with E-state index in [1.54, 1.807) is 24.3 Å². The minimum absolute atomic E-state index is 0.135. The molecule has 1 aromatic heterocycles. The maximum absolute atomic E-state index is 12.0. The van der Waals surface area contributed by atoms with Crippen molar-refractivity contribution in [2.24, 2.45) is 0 Å². The standard InChI is InChI=1S/C13H14ClN5OS2/c1-21-11-10(15)12(19-13(16)18-11)22-6-9(20)17-8-4-2-3-7(14)5-8/h2-5H,6,15H2,1H3,(H,17,20)(H2,16,18,19). The molecule has 116 valence electrons. The zero-order valence-corrected chi connectivity index (χ0v) is 14.1. The fraction of sp³-hybridized carbons (Fsp3) is 0.154. The van der Waals surface area contributed by atoms with E-state index in [0.717, 1.165) is 0 Å². The molecule has 1 aromatic carbocycles. The summed E-state index contributed by atoms with van der Waals surface area (Å²) < 4.78 is 0. The highest BCUT2D eigenvalue weighted by Crippen LogP contribution is 2.30. The Morgan fingerprint density at radius 1 is 1.32 bits per heavy atom. The van der Waals surface area contributed by atoms with E-state index in [2.05, 4.69) is 15.3 Å². The van der Waals surface area contributed by atoms with Gasteiger partial charge in [0.25, 0.3) is 0 Å². The zero-order chi connectivity index (χ0) is 16.1. The van der Waals surface area contributed by atoms with E-state index in [1.807, 2.05) is 6.26 Å². The highest BCUT2D eigenvalue weighted by atomic mass is 35.5. The zero-order valence-electron chi connectivity index (χ0n) is 11.7. The lowest BCUT2D eigenvalue weighted by Gasteiger charge is -2.09. The average molecular weight is 356 g/mol. The molecule has 0 saturated heterocycles. The van der Waals surface area contributed by atoms with Crippen molar-refractivity contribution in [3.63, 3.8) is 0 Å². The number of rotatable bonds is 5. The van der Waals surface area contributed by atoms with Crippen LogP contribution in [0.3, 0.4) is 0 Å². The summed E-state index contributed by atoms with van der Waals surface area (Å²) in [5, 5.41) is 4.41. The van der Waals surface area contributed by atoms with Crippen LogP contribution in [0, 0.1) is 0 Å². The second-order valence-corrected chi connectivity index (χ2v) is 6.35. The first kappa shape index (κ1) is 16.7. The summed E-state index contributed by atoms with van der Waals surface area (Å²) in [5.74, 6) is 0.104. The molecule has 1 heterocycles. The number of halogens is 1. The van der Waals surface area contributed by atoms with Gasteiger partial charge in [0.05, 0.1) is 11.4 Å². The predicted molar refractivity (Wildman–Crippen MR) is 93.4 cm³/mol. The summed E-state index contributed by atoms with van der Waals surface area (Å²) in [4.78, 5) is 20.0. The van der Waals surface area contributed by atoms with Crippen LogP contribution in [0.25, 0.3) is 0 Å². The van der Waals surface area contributed by atoms with Crippen LogP contribution in [0.2, 0.25) is 5.02 Å². The SMILES string of the molecule is CSc1nc(N)nc(SCC(=O)Nc2cccc(Cl)c2)c1N. The van der Waals surface area contributed by atoms with Crippen LogP contribution in [-0.2, 0) is 4.79 Å². The number of nitrogens with one attached hydrogen (secondary N) is 1. The van der Waals surface area contributed by atoms with Crippen LogP contribution in [0.15, 0.2) is 34.3 Å². The van der Waals surface area contributed by atoms with Gasteiger partial charge in [-0.25, -0.2) is 9.97 Å². The number of hydrogen-bond acceptors (Lipinski definition) is 7. The molecule has 0 saturated carbocycles. The van der Waals surface area contributed by atoms with Gasteiger partial charge in [0, 0.05) is 10.7 Å². The topological polar surface area (TPSA) is 107 Å². The number of carbonyl (C=O) groups excluding carboxylic acids is 1. The molecule has 0 aliphatic rings. The Balaban J connectivity index is 2.01. The van der Waals surface area contributed by atoms with Gasteiger partial charge >= 0.3 is 0 Å². The van der Waals surface area contributed by atoms with Crippen LogP contribution in [0.5, 0.6) is 0 Å². The normalized spacial score (nSPS) is 10.5. The number of nitrogen functional groups attached to an aromatic ring is 2. The lowest BCUT2D eigenvalue weighted by atomic mass is 10.3. The first-order valence-corrected chi connectivity index (χ1v) is 8.73. The lowest BCUT2D eigenvalue weighted by molar-refractivity contribution is -0.113. The van der Waals surface area contributed by atoms with Gasteiger partial charge in [-0.05, 0) is 24.5 Å². The molecule has 0 aliphatic carbocycles. The van der Waals surface area contributed by atoms with Gasteiger partial charge < -0.3 is 16.8 Å². The maximum atomic E-state index is 12.0. The second-order valence-electron chi connectivity index (χ2n) is 4.16. The quantitative estimate of drug-likeness (QED) is 0.559. The number of nitrogens with zero attached hydrogens (tertiary/aromatic N) is 2. The first-order chi connectivity index (χ1) is 10.5. The Morgan fingerprint density at radius 2 is 2.05 bits per heavy atom. The highest BCUT2D eigenvalue weighted by molar-refractivity contribution is 8.00. The Morgan fingerprint density at radius 3 is 2.73 bits per heavy atom. The molecule has 0 unspecified atom stereocenters. The van der Waals surface area contributed by atoms with Gasteiger partial charge in [0.2, 0.25) is 11.9 Å². The van der Waals surface area contributed by atoms with Crippen LogP contribution in [-0.4, -0.2) is 27.9 Å². The van der Waals surface area contributed by atoms with Gasteiger partial charge in [-0.15, -0.1) is 11.8 Å². The van der Waals surface area contributed by atoms with Gasteiger partial charge in [-0.3, -0.25) is 4.79 Å². The molecule has 0 spiro atoms. The van der Waals surface area contributed by atoms with Gasteiger partial charge in [0.15, 0.2) is 0 Å². The number of thioether (sulfide) groups is 2. The Hall–Kier alpha value is -1.64. The van der Waals surface area contributed by atoms with Gasteiger partial charge in [-0.1, -0.05) is 29.4 Å². The lowest BCUT2D eigenvalue weighted by Crippen LogP contribution is -2.14. The van der Waals surface area contributed by atoms with Gasteiger partial charge in [0.1, 0.15) is 10.1 Å². The molecular weight excluding hydrogens is 342 g/mol. The molecule has 0 atom stereocenters. The van der Waals surface area contributed by atoms with Gasteiger partial charge in [-0.2, -0.15) is 0 Å². The summed E-state index contributed by atoms with van der Waals surface area (Å²) in [5.41, 5.74) is 12.7. The Bertz CT molecular complexity index is 698.